The first-order valence-corrected chi connectivity index (χ1v) is 3.61. The highest BCUT2D eigenvalue weighted by Gasteiger charge is 2.62. The molecule has 2 heteroatoms. The summed E-state index contributed by atoms with van der Waals surface area (Å²) in [6, 6.07) is 0. The monoisotopic (exact) mass is 128 g/mol. The Balaban J connectivity index is 2.10. The van der Waals surface area contributed by atoms with E-state index in [1.807, 2.05) is 6.92 Å². The molecule has 0 amide bonds. The molecule has 1 aliphatic carbocycles. The highest BCUT2D eigenvalue weighted by molar-refractivity contribution is 5.10. The lowest BCUT2D eigenvalue weighted by molar-refractivity contribution is 0.0821. The van der Waals surface area contributed by atoms with Crippen molar-refractivity contribution in [3.05, 3.63) is 0 Å². The van der Waals surface area contributed by atoms with E-state index < -0.39 is 0 Å². The minimum atomic E-state index is -0.259. The molecule has 1 N–H and O–H groups in total. The zero-order valence-electron chi connectivity index (χ0n) is 5.63. The summed E-state index contributed by atoms with van der Waals surface area (Å²) in [4.78, 5) is 0. The maximum atomic E-state index is 9.23. The molecule has 2 nitrogen and oxygen atoms in total. The van der Waals surface area contributed by atoms with E-state index in [0.29, 0.717) is 6.10 Å². The van der Waals surface area contributed by atoms with Crippen molar-refractivity contribution in [1.82, 2.24) is 0 Å². The lowest BCUT2D eigenvalue weighted by atomic mass is 10.0. The van der Waals surface area contributed by atoms with E-state index in [-0.39, 0.29) is 11.7 Å². The molecule has 0 aromatic rings. The standard InChI is InChI=1S/C7H12O2/c1-5(8)7-4-2-3-6(7)9-7/h5-6,8H,2-4H2,1H3. The van der Waals surface area contributed by atoms with Crippen molar-refractivity contribution in [3.63, 3.8) is 0 Å². The fraction of sp³-hybridized carbons (Fsp3) is 1.00. The van der Waals surface area contributed by atoms with Crippen LogP contribution in [0.1, 0.15) is 26.2 Å². The first-order chi connectivity index (χ1) is 4.26. The van der Waals surface area contributed by atoms with Crippen LogP contribution in [0.25, 0.3) is 0 Å². The summed E-state index contributed by atoms with van der Waals surface area (Å²) in [7, 11) is 0. The van der Waals surface area contributed by atoms with Crippen molar-refractivity contribution < 1.29 is 9.84 Å². The fourth-order valence-electron chi connectivity index (χ4n) is 1.89. The number of aliphatic hydroxyl groups excluding tert-OH is 1. The first kappa shape index (κ1) is 5.69. The molecule has 1 saturated heterocycles. The van der Waals surface area contributed by atoms with E-state index in [1.165, 1.54) is 6.42 Å². The summed E-state index contributed by atoms with van der Waals surface area (Å²) in [6.45, 7) is 1.82. The number of aliphatic hydroxyl groups is 1. The summed E-state index contributed by atoms with van der Waals surface area (Å²) >= 11 is 0. The highest BCUT2D eigenvalue weighted by atomic mass is 16.6. The summed E-state index contributed by atoms with van der Waals surface area (Å²) in [5.74, 6) is 0. The third-order valence-electron chi connectivity index (χ3n) is 2.59. The van der Waals surface area contributed by atoms with Gasteiger partial charge in [-0.15, -0.1) is 0 Å². The van der Waals surface area contributed by atoms with Gasteiger partial charge in [-0.1, -0.05) is 0 Å². The van der Waals surface area contributed by atoms with Crippen LogP contribution >= 0.6 is 0 Å². The third kappa shape index (κ3) is 0.578. The van der Waals surface area contributed by atoms with Crippen LogP contribution in [-0.4, -0.2) is 22.9 Å². The number of epoxide rings is 1. The Morgan fingerprint density at radius 2 is 2.56 bits per heavy atom. The molecule has 2 fully saturated rings. The minimum absolute atomic E-state index is 0.0833. The Labute approximate surface area is 54.8 Å². The van der Waals surface area contributed by atoms with Crippen molar-refractivity contribution >= 4 is 0 Å². The molecule has 0 spiro atoms. The van der Waals surface area contributed by atoms with Gasteiger partial charge in [0.1, 0.15) is 5.60 Å². The van der Waals surface area contributed by atoms with Gasteiger partial charge in [-0.3, -0.25) is 0 Å². The Bertz CT molecular complexity index is 129. The quantitative estimate of drug-likeness (QED) is 0.527. The molecule has 0 aromatic heterocycles. The summed E-state index contributed by atoms with van der Waals surface area (Å²) < 4.78 is 5.35. The predicted molar refractivity (Wildman–Crippen MR) is 33.1 cm³/mol. The Morgan fingerprint density at radius 3 is 2.78 bits per heavy atom. The molecular weight excluding hydrogens is 116 g/mol. The van der Waals surface area contributed by atoms with E-state index in [1.54, 1.807) is 0 Å². The smallest absolute Gasteiger partial charge is 0.120 e. The molecule has 3 atom stereocenters. The van der Waals surface area contributed by atoms with Gasteiger partial charge in [-0.05, 0) is 26.2 Å². The lowest BCUT2D eigenvalue weighted by Gasteiger charge is -2.10. The van der Waals surface area contributed by atoms with Crippen molar-refractivity contribution in [2.24, 2.45) is 0 Å². The van der Waals surface area contributed by atoms with E-state index in [4.69, 9.17) is 4.74 Å². The van der Waals surface area contributed by atoms with Crippen molar-refractivity contribution in [2.75, 3.05) is 0 Å². The minimum Gasteiger partial charge on any atom is -0.390 e. The van der Waals surface area contributed by atoms with Crippen molar-refractivity contribution in [3.8, 4) is 0 Å². The molecule has 3 unspecified atom stereocenters. The predicted octanol–water partition coefficient (Wildman–Crippen LogP) is 0.689. The average Bonchev–Trinajstić information content (AvgIpc) is 2.38. The molecule has 2 rings (SSSR count). The summed E-state index contributed by atoms with van der Waals surface area (Å²) in [5, 5.41) is 9.23. The number of hydrogen-bond donors (Lipinski definition) is 1. The van der Waals surface area contributed by atoms with Gasteiger partial charge in [0, 0.05) is 0 Å². The van der Waals surface area contributed by atoms with Crippen molar-refractivity contribution in [2.45, 2.75) is 44.0 Å². The van der Waals surface area contributed by atoms with Gasteiger partial charge in [0.25, 0.3) is 0 Å². The Morgan fingerprint density at radius 1 is 1.78 bits per heavy atom. The molecule has 52 valence electrons. The summed E-state index contributed by atoms with van der Waals surface area (Å²) in [6.07, 6.45) is 3.60. The van der Waals surface area contributed by atoms with Gasteiger partial charge in [0.15, 0.2) is 0 Å². The number of hydrogen-bond acceptors (Lipinski definition) is 2. The van der Waals surface area contributed by atoms with Gasteiger partial charge >= 0.3 is 0 Å². The molecule has 1 saturated carbocycles. The Kier molecular flexibility index (Phi) is 0.945. The average molecular weight is 128 g/mol. The number of ether oxygens (including phenoxy) is 1. The molecule has 1 heterocycles. The van der Waals surface area contributed by atoms with Crippen LogP contribution < -0.4 is 0 Å². The maximum Gasteiger partial charge on any atom is 0.120 e. The zero-order valence-corrected chi connectivity index (χ0v) is 5.63. The molecule has 0 aromatic carbocycles. The van der Waals surface area contributed by atoms with Gasteiger partial charge in [0.05, 0.1) is 12.2 Å². The molecule has 2 aliphatic rings. The first-order valence-electron chi connectivity index (χ1n) is 3.61. The van der Waals surface area contributed by atoms with Crippen molar-refractivity contribution in [1.29, 1.82) is 0 Å². The van der Waals surface area contributed by atoms with E-state index in [2.05, 4.69) is 0 Å². The van der Waals surface area contributed by atoms with E-state index in [0.717, 1.165) is 12.8 Å². The molecule has 0 bridgehead atoms. The third-order valence-corrected chi connectivity index (χ3v) is 2.59. The molecule has 0 radical (unpaired) electrons. The SMILES string of the molecule is CC(O)C12CCCC1O2. The Hall–Kier alpha value is -0.0800. The fourth-order valence-corrected chi connectivity index (χ4v) is 1.89. The van der Waals surface area contributed by atoms with Crippen LogP contribution in [0.2, 0.25) is 0 Å². The van der Waals surface area contributed by atoms with Crippen LogP contribution in [0.3, 0.4) is 0 Å². The van der Waals surface area contributed by atoms with Crippen LogP contribution in [-0.2, 0) is 4.74 Å². The second-order valence-corrected chi connectivity index (χ2v) is 3.13. The molecule has 1 aliphatic heterocycles. The van der Waals surface area contributed by atoms with Crippen LogP contribution in [0.4, 0.5) is 0 Å². The largest absolute Gasteiger partial charge is 0.390 e. The van der Waals surface area contributed by atoms with Gasteiger partial charge < -0.3 is 9.84 Å². The van der Waals surface area contributed by atoms with Crippen LogP contribution in [0.5, 0.6) is 0 Å². The second-order valence-electron chi connectivity index (χ2n) is 3.13. The van der Waals surface area contributed by atoms with Gasteiger partial charge in [-0.25, -0.2) is 0 Å². The molecule has 9 heavy (non-hydrogen) atoms. The van der Waals surface area contributed by atoms with Gasteiger partial charge in [-0.2, -0.15) is 0 Å². The van der Waals surface area contributed by atoms with Crippen LogP contribution in [0, 0.1) is 0 Å². The normalized spacial score (nSPS) is 50.7. The number of fused-ring (bicyclic) bond motifs is 1. The van der Waals surface area contributed by atoms with Gasteiger partial charge in [0.2, 0.25) is 0 Å². The topological polar surface area (TPSA) is 32.8 Å². The molecular formula is C7H12O2. The van der Waals surface area contributed by atoms with E-state index >= 15 is 0 Å². The second kappa shape index (κ2) is 1.50. The highest BCUT2D eigenvalue weighted by Crippen LogP contribution is 2.51. The number of rotatable bonds is 1. The zero-order chi connectivity index (χ0) is 6.48. The van der Waals surface area contributed by atoms with Crippen LogP contribution in [0.15, 0.2) is 0 Å². The lowest BCUT2D eigenvalue weighted by Crippen LogP contribution is -2.25. The van der Waals surface area contributed by atoms with E-state index in [9.17, 15) is 5.11 Å². The summed E-state index contributed by atoms with van der Waals surface area (Å²) in [5.41, 5.74) is -0.0833. The maximum absolute atomic E-state index is 9.23.